The zero-order valence-electron chi connectivity index (χ0n) is 17.6. The lowest BCUT2D eigenvalue weighted by molar-refractivity contribution is -0.112. The Morgan fingerprint density at radius 3 is 2.47 bits per heavy atom. The molecular weight excluding hydrogens is 464 g/mol. The summed E-state index contributed by atoms with van der Waals surface area (Å²) in [5.41, 5.74) is 2.65. The van der Waals surface area contributed by atoms with Crippen molar-refractivity contribution in [3.05, 3.63) is 73.1 Å². The second-order valence-electron chi connectivity index (χ2n) is 7.37. The summed E-state index contributed by atoms with van der Waals surface area (Å²) in [6.07, 6.45) is 0. The van der Waals surface area contributed by atoms with Crippen molar-refractivity contribution in [3.8, 4) is 0 Å². The number of para-hydroxylation sites is 1. The fraction of sp³-hybridized carbons (Fsp3) is 0.174. The molecule has 0 saturated heterocycles. The summed E-state index contributed by atoms with van der Waals surface area (Å²) in [6, 6.07) is 15.0. The lowest BCUT2D eigenvalue weighted by atomic mass is 10.2. The lowest BCUT2D eigenvalue weighted by Gasteiger charge is -2.11. The summed E-state index contributed by atoms with van der Waals surface area (Å²) in [4.78, 5) is 29.9. The number of nitrogens with zero attached hydrogens (tertiary/aromatic N) is 4. The van der Waals surface area contributed by atoms with Gasteiger partial charge in [-0.3, -0.25) is 14.2 Å². The highest BCUT2D eigenvalue weighted by Gasteiger charge is 2.32. The van der Waals surface area contributed by atoms with Crippen LogP contribution >= 0.6 is 34.7 Å². The summed E-state index contributed by atoms with van der Waals surface area (Å²) in [6.45, 7) is 4.17. The second-order valence-corrected chi connectivity index (χ2v) is 9.84. The number of thiazole rings is 1. The molecule has 32 heavy (non-hydrogen) atoms. The van der Waals surface area contributed by atoms with E-state index < -0.39 is 0 Å². The van der Waals surface area contributed by atoms with Gasteiger partial charge in [-0.15, -0.1) is 11.3 Å². The summed E-state index contributed by atoms with van der Waals surface area (Å²) >= 11 is 8.92. The maximum atomic E-state index is 13.4. The molecule has 1 aromatic heterocycles. The van der Waals surface area contributed by atoms with Crippen LogP contribution in [0.25, 0.3) is 10.6 Å². The fourth-order valence-corrected chi connectivity index (χ4v) is 6.56. The first-order valence-corrected chi connectivity index (χ1v) is 12.1. The van der Waals surface area contributed by atoms with Gasteiger partial charge in [0.25, 0.3) is 11.5 Å². The van der Waals surface area contributed by atoms with E-state index in [1.807, 2.05) is 43.1 Å². The van der Waals surface area contributed by atoms with E-state index in [4.69, 9.17) is 11.6 Å². The largest absolute Gasteiger partial charge is 0.337 e. The minimum absolute atomic E-state index is 0.0901. The average Bonchev–Trinajstić information content (AvgIpc) is 3.39. The molecule has 1 amide bonds. The summed E-state index contributed by atoms with van der Waals surface area (Å²) in [5, 5.41) is 7.31. The minimum Gasteiger partial charge on any atom is -0.337 e. The molecule has 0 atom stereocenters. The topological polar surface area (TPSA) is 57.9 Å². The zero-order valence-corrected chi connectivity index (χ0v) is 20.0. The molecular formula is C23H19ClN4O2S2. The number of amides is 1. The van der Waals surface area contributed by atoms with Crippen molar-refractivity contribution in [1.29, 1.82) is 0 Å². The number of hydrogen-bond acceptors (Lipinski definition) is 6. The Hall–Kier alpha value is -2.81. The molecule has 0 unspecified atom stereocenters. The van der Waals surface area contributed by atoms with Gasteiger partial charge in [0.1, 0.15) is 14.2 Å². The highest BCUT2D eigenvalue weighted by Crippen LogP contribution is 2.44. The molecule has 3 aromatic rings. The molecule has 9 heteroatoms. The van der Waals surface area contributed by atoms with E-state index in [0.29, 0.717) is 37.7 Å². The first-order chi connectivity index (χ1) is 15.4. The Labute approximate surface area is 197 Å². The van der Waals surface area contributed by atoms with Gasteiger partial charge in [-0.1, -0.05) is 35.5 Å². The quantitative estimate of drug-likeness (QED) is 0.561. The van der Waals surface area contributed by atoms with Gasteiger partial charge in [0.2, 0.25) is 0 Å². The van der Waals surface area contributed by atoms with E-state index in [0.717, 1.165) is 15.6 Å². The van der Waals surface area contributed by atoms with Gasteiger partial charge >= 0.3 is 0 Å². The van der Waals surface area contributed by atoms with Crippen molar-refractivity contribution in [1.82, 2.24) is 4.57 Å². The second kappa shape index (κ2) is 7.95. The van der Waals surface area contributed by atoms with Crippen LogP contribution < -0.4 is 24.7 Å². The molecule has 2 aliphatic rings. The van der Waals surface area contributed by atoms with E-state index in [1.54, 1.807) is 47.5 Å². The van der Waals surface area contributed by atoms with Crippen LogP contribution in [0, 0.1) is 0 Å². The SMILES string of the molecule is CCn1c(=O)/c(=C2/Sc3ccccc3N2C)s/c1=C1/C(=O)N(c2ccc(Cl)cc2)N=C1C. The molecule has 0 bridgehead atoms. The smallest absolute Gasteiger partial charge is 0.283 e. The number of hydrazone groups is 1. The molecule has 2 aliphatic heterocycles. The van der Waals surface area contributed by atoms with E-state index >= 15 is 0 Å². The first kappa shape index (κ1) is 21.1. The molecule has 3 heterocycles. The Bertz CT molecular complexity index is 1470. The summed E-state index contributed by atoms with van der Waals surface area (Å²) in [5.74, 6) is -0.250. The first-order valence-electron chi connectivity index (χ1n) is 10.0. The van der Waals surface area contributed by atoms with Gasteiger partial charge in [0.05, 0.1) is 22.7 Å². The van der Waals surface area contributed by atoms with E-state index in [9.17, 15) is 9.59 Å². The maximum absolute atomic E-state index is 13.4. The van der Waals surface area contributed by atoms with Crippen LogP contribution in [0.15, 0.2) is 63.3 Å². The third-order valence-corrected chi connectivity index (χ3v) is 8.24. The fourth-order valence-electron chi connectivity index (χ4n) is 3.83. The number of carbonyl (C=O) groups is 1. The van der Waals surface area contributed by atoms with Gasteiger partial charge in [0, 0.05) is 23.5 Å². The Morgan fingerprint density at radius 1 is 1.06 bits per heavy atom. The summed E-state index contributed by atoms with van der Waals surface area (Å²) in [7, 11) is 1.96. The number of rotatable bonds is 2. The number of carbonyl (C=O) groups excluding carboxylic acids is 1. The van der Waals surface area contributed by atoms with E-state index in [2.05, 4.69) is 5.10 Å². The number of aromatic nitrogens is 1. The van der Waals surface area contributed by atoms with Crippen LogP contribution in [0.4, 0.5) is 11.4 Å². The van der Waals surface area contributed by atoms with E-state index in [-0.39, 0.29) is 11.5 Å². The van der Waals surface area contributed by atoms with Crippen LogP contribution in [-0.2, 0) is 11.3 Å². The van der Waals surface area contributed by atoms with Crippen LogP contribution in [0.3, 0.4) is 0 Å². The molecule has 5 rings (SSSR count). The average molecular weight is 483 g/mol. The molecule has 0 spiro atoms. The van der Waals surface area contributed by atoms with Gasteiger partial charge < -0.3 is 4.90 Å². The van der Waals surface area contributed by atoms with Crippen LogP contribution in [0.2, 0.25) is 5.02 Å². The normalized spacial score (nSPS) is 19.0. The number of fused-ring (bicyclic) bond motifs is 1. The van der Waals surface area contributed by atoms with Gasteiger partial charge in [0.15, 0.2) is 0 Å². The van der Waals surface area contributed by atoms with Crippen molar-refractivity contribution in [2.24, 2.45) is 5.10 Å². The number of thioether (sulfide) groups is 1. The highest BCUT2D eigenvalue weighted by molar-refractivity contribution is 8.08. The van der Waals surface area contributed by atoms with Gasteiger partial charge in [-0.2, -0.15) is 10.1 Å². The maximum Gasteiger partial charge on any atom is 0.283 e. The van der Waals surface area contributed by atoms with Crippen molar-refractivity contribution in [2.75, 3.05) is 17.0 Å². The molecule has 0 aliphatic carbocycles. The molecule has 2 aromatic carbocycles. The van der Waals surface area contributed by atoms with Crippen molar-refractivity contribution in [2.45, 2.75) is 25.3 Å². The van der Waals surface area contributed by atoms with Crippen LogP contribution in [0.5, 0.6) is 0 Å². The highest BCUT2D eigenvalue weighted by atomic mass is 35.5. The third-order valence-electron chi connectivity index (χ3n) is 5.43. The summed E-state index contributed by atoms with van der Waals surface area (Å²) < 4.78 is 2.93. The molecule has 0 N–H and O–H groups in total. The molecule has 162 valence electrons. The predicted molar refractivity (Wildman–Crippen MR) is 133 cm³/mol. The van der Waals surface area contributed by atoms with Crippen LogP contribution in [0.1, 0.15) is 13.8 Å². The standard InChI is InChI=1S/C23H19ClN4O2S2/c1-4-27-21(30)19(23-26(3)16-7-5-6-8-17(16)31-23)32-22(27)18-13(2)25-28(20(18)29)15-11-9-14(24)10-12-15/h5-12H,4H2,1-3H3/b22-18+,23-19-. The monoisotopic (exact) mass is 482 g/mol. The number of halogens is 1. The van der Waals surface area contributed by atoms with Crippen molar-refractivity contribution < 1.29 is 4.79 Å². The van der Waals surface area contributed by atoms with Crippen molar-refractivity contribution in [3.63, 3.8) is 0 Å². The molecule has 0 fully saturated rings. The molecule has 0 saturated carbocycles. The Kier molecular flexibility index (Phi) is 5.23. The molecule has 6 nitrogen and oxygen atoms in total. The van der Waals surface area contributed by atoms with E-state index in [1.165, 1.54) is 16.3 Å². The zero-order chi connectivity index (χ0) is 22.6. The van der Waals surface area contributed by atoms with Gasteiger partial charge in [-0.25, -0.2) is 0 Å². The minimum atomic E-state index is -0.250. The Morgan fingerprint density at radius 2 is 1.78 bits per heavy atom. The number of hydrogen-bond donors (Lipinski definition) is 0. The Balaban J connectivity index is 1.71. The van der Waals surface area contributed by atoms with Gasteiger partial charge in [-0.05, 0) is 50.2 Å². The number of benzene rings is 2. The van der Waals surface area contributed by atoms with Crippen molar-refractivity contribution >= 4 is 68.3 Å². The molecule has 0 radical (unpaired) electrons. The predicted octanol–water partition coefficient (Wildman–Crippen LogP) is 3.46. The lowest BCUT2D eigenvalue weighted by Crippen LogP contribution is -2.35. The number of anilines is 2. The third kappa shape index (κ3) is 3.21. The van der Waals surface area contributed by atoms with Crippen LogP contribution in [-0.4, -0.2) is 23.2 Å².